The summed E-state index contributed by atoms with van der Waals surface area (Å²) in [4.78, 5) is 6.27. The highest BCUT2D eigenvalue weighted by molar-refractivity contribution is 5.96. The molecule has 1 aromatic heterocycles. The SMILES string of the molecule is CCCCN(CCO)Cc1cccnc1C(N)=NO. The molecule has 0 saturated carbocycles. The average molecular weight is 266 g/mol. The number of nitrogens with zero attached hydrogens (tertiary/aromatic N) is 3. The third-order valence-corrected chi connectivity index (χ3v) is 2.88. The number of hydrogen-bond donors (Lipinski definition) is 3. The molecule has 0 aliphatic heterocycles. The fraction of sp³-hybridized carbons (Fsp3) is 0.538. The number of amidine groups is 1. The maximum Gasteiger partial charge on any atom is 0.189 e. The number of oxime groups is 1. The Morgan fingerprint density at radius 1 is 1.47 bits per heavy atom. The highest BCUT2D eigenvalue weighted by Gasteiger charge is 2.12. The smallest absolute Gasteiger partial charge is 0.189 e. The molecule has 0 aliphatic carbocycles. The van der Waals surface area contributed by atoms with Crippen LogP contribution in [-0.4, -0.2) is 45.7 Å². The van der Waals surface area contributed by atoms with Gasteiger partial charge in [0.25, 0.3) is 0 Å². The number of unbranched alkanes of at least 4 members (excludes halogenated alkanes) is 1. The molecule has 0 bridgehead atoms. The second-order valence-corrected chi connectivity index (χ2v) is 4.35. The van der Waals surface area contributed by atoms with Crippen molar-refractivity contribution in [1.29, 1.82) is 0 Å². The zero-order valence-electron chi connectivity index (χ0n) is 11.3. The van der Waals surface area contributed by atoms with E-state index in [9.17, 15) is 0 Å². The summed E-state index contributed by atoms with van der Waals surface area (Å²) in [5, 5.41) is 20.9. The minimum Gasteiger partial charge on any atom is -0.409 e. The maximum absolute atomic E-state index is 9.09. The van der Waals surface area contributed by atoms with E-state index >= 15 is 0 Å². The molecule has 1 aromatic rings. The molecular formula is C13H22N4O2. The van der Waals surface area contributed by atoms with Crippen LogP contribution in [0.5, 0.6) is 0 Å². The molecule has 0 radical (unpaired) electrons. The second kappa shape index (κ2) is 8.44. The highest BCUT2D eigenvalue weighted by atomic mass is 16.4. The van der Waals surface area contributed by atoms with Crippen LogP contribution in [0.3, 0.4) is 0 Å². The van der Waals surface area contributed by atoms with E-state index in [-0.39, 0.29) is 12.4 Å². The van der Waals surface area contributed by atoms with Crippen LogP contribution < -0.4 is 5.73 Å². The van der Waals surface area contributed by atoms with Gasteiger partial charge in [0.2, 0.25) is 0 Å². The number of aromatic nitrogens is 1. The number of hydrogen-bond acceptors (Lipinski definition) is 5. The van der Waals surface area contributed by atoms with E-state index in [1.807, 2.05) is 12.1 Å². The Morgan fingerprint density at radius 2 is 2.26 bits per heavy atom. The van der Waals surface area contributed by atoms with Gasteiger partial charge >= 0.3 is 0 Å². The number of aliphatic hydroxyl groups excluding tert-OH is 1. The molecule has 4 N–H and O–H groups in total. The normalized spacial score (nSPS) is 12.1. The fourth-order valence-electron chi connectivity index (χ4n) is 1.88. The summed E-state index contributed by atoms with van der Waals surface area (Å²) in [5.41, 5.74) is 7.00. The van der Waals surface area contributed by atoms with Crippen molar-refractivity contribution in [2.24, 2.45) is 10.9 Å². The first-order valence-corrected chi connectivity index (χ1v) is 6.48. The maximum atomic E-state index is 9.09. The summed E-state index contributed by atoms with van der Waals surface area (Å²) in [6, 6.07) is 3.72. The first-order chi connectivity index (χ1) is 9.22. The van der Waals surface area contributed by atoms with Crippen molar-refractivity contribution in [1.82, 2.24) is 9.88 Å². The molecule has 1 rings (SSSR count). The Balaban J connectivity index is 2.83. The Morgan fingerprint density at radius 3 is 2.89 bits per heavy atom. The van der Waals surface area contributed by atoms with Crippen molar-refractivity contribution in [2.75, 3.05) is 19.7 Å². The predicted octanol–water partition coefficient (Wildman–Crippen LogP) is 0.770. The summed E-state index contributed by atoms with van der Waals surface area (Å²) < 4.78 is 0. The predicted molar refractivity (Wildman–Crippen MR) is 74.0 cm³/mol. The van der Waals surface area contributed by atoms with Crippen molar-refractivity contribution in [2.45, 2.75) is 26.3 Å². The lowest BCUT2D eigenvalue weighted by Gasteiger charge is -2.22. The molecule has 0 fully saturated rings. The van der Waals surface area contributed by atoms with Gasteiger partial charge in [-0.3, -0.25) is 9.88 Å². The van der Waals surface area contributed by atoms with Gasteiger partial charge in [0.05, 0.1) is 6.61 Å². The molecular weight excluding hydrogens is 244 g/mol. The van der Waals surface area contributed by atoms with E-state index in [0.29, 0.717) is 18.8 Å². The van der Waals surface area contributed by atoms with Crippen molar-refractivity contribution in [3.05, 3.63) is 29.6 Å². The van der Waals surface area contributed by atoms with Crippen molar-refractivity contribution >= 4 is 5.84 Å². The first kappa shape index (κ1) is 15.4. The molecule has 6 heteroatoms. The fourth-order valence-corrected chi connectivity index (χ4v) is 1.88. The van der Waals surface area contributed by atoms with E-state index < -0.39 is 0 Å². The summed E-state index contributed by atoms with van der Waals surface area (Å²) in [5.74, 6) is 0.00930. The van der Waals surface area contributed by atoms with E-state index in [1.54, 1.807) is 6.20 Å². The Kier molecular flexibility index (Phi) is 6.84. The van der Waals surface area contributed by atoms with Gasteiger partial charge in [0, 0.05) is 19.3 Å². The topological polar surface area (TPSA) is 95.0 Å². The third-order valence-electron chi connectivity index (χ3n) is 2.88. The third kappa shape index (κ3) is 4.84. The van der Waals surface area contributed by atoms with Gasteiger partial charge in [-0.25, -0.2) is 0 Å². The van der Waals surface area contributed by atoms with Crippen LogP contribution in [0, 0.1) is 0 Å². The van der Waals surface area contributed by atoms with Gasteiger partial charge in [-0.1, -0.05) is 24.6 Å². The van der Waals surface area contributed by atoms with Gasteiger partial charge in [-0.05, 0) is 24.6 Å². The van der Waals surface area contributed by atoms with Crippen molar-refractivity contribution < 1.29 is 10.3 Å². The number of aliphatic hydroxyl groups is 1. The van der Waals surface area contributed by atoms with Gasteiger partial charge in [-0.15, -0.1) is 0 Å². The zero-order chi connectivity index (χ0) is 14.1. The minimum atomic E-state index is 0.00930. The lowest BCUT2D eigenvalue weighted by Crippen LogP contribution is -2.29. The molecule has 1 heterocycles. The average Bonchev–Trinajstić information content (AvgIpc) is 2.44. The largest absolute Gasteiger partial charge is 0.409 e. The lowest BCUT2D eigenvalue weighted by atomic mass is 10.1. The second-order valence-electron chi connectivity index (χ2n) is 4.35. The molecule has 19 heavy (non-hydrogen) atoms. The zero-order valence-corrected chi connectivity index (χ0v) is 11.3. The summed E-state index contributed by atoms with van der Waals surface area (Å²) >= 11 is 0. The molecule has 0 atom stereocenters. The molecule has 0 aromatic carbocycles. The summed E-state index contributed by atoms with van der Waals surface area (Å²) in [6.07, 6.45) is 3.78. The number of nitrogens with two attached hydrogens (primary N) is 1. The molecule has 0 saturated heterocycles. The Bertz CT molecular complexity index is 409. The van der Waals surface area contributed by atoms with E-state index in [4.69, 9.17) is 16.0 Å². The molecule has 106 valence electrons. The quantitative estimate of drug-likeness (QED) is 0.279. The van der Waals surface area contributed by atoms with Gasteiger partial charge in [-0.2, -0.15) is 0 Å². The summed E-state index contributed by atoms with van der Waals surface area (Å²) in [7, 11) is 0. The van der Waals surface area contributed by atoms with E-state index in [2.05, 4.69) is 22.0 Å². The number of rotatable bonds is 8. The van der Waals surface area contributed by atoms with E-state index in [0.717, 1.165) is 24.9 Å². The minimum absolute atomic E-state index is 0.00930. The molecule has 0 unspecified atom stereocenters. The van der Waals surface area contributed by atoms with Crippen molar-refractivity contribution in [3.63, 3.8) is 0 Å². The van der Waals surface area contributed by atoms with Crippen molar-refractivity contribution in [3.8, 4) is 0 Å². The van der Waals surface area contributed by atoms with Crippen LogP contribution in [0.4, 0.5) is 0 Å². The lowest BCUT2D eigenvalue weighted by molar-refractivity contribution is 0.188. The molecule has 0 amide bonds. The highest BCUT2D eigenvalue weighted by Crippen LogP contribution is 2.10. The Hall–Kier alpha value is -1.66. The molecule has 0 aliphatic rings. The van der Waals surface area contributed by atoms with Crippen LogP contribution >= 0.6 is 0 Å². The van der Waals surface area contributed by atoms with Crippen LogP contribution in [0.25, 0.3) is 0 Å². The van der Waals surface area contributed by atoms with Crippen LogP contribution in [0.2, 0.25) is 0 Å². The van der Waals surface area contributed by atoms with Crippen LogP contribution in [-0.2, 0) is 6.54 Å². The van der Waals surface area contributed by atoms with Crippen LogP contribution in [0.15, 0.2) is 23.5 Å². The van der Waals surface area contributed by atoms with Crippen LogP contribution in [0.1, 0.15) is 31.0 Å². The molecule has 6 nitrogen and oxygen atoms in total. The molecule has 0 spiro atoms. The Labute approximate surface area is 113 Å². The summed E-state index contributed by atoms with van der Waals surface area (Å²) in [6.45, 7) is 4.37. The van der Waals surface area contributed by atoms with Gasteiger partial charge in [0.1, 0.15) is 5.69 Å². The standard InChI is InChI=1S/C13H22N4O2/c1-2-3-7-17(8-9-18)10-11-5-4-6-15-12(11)13(14)16-19/h4-6,18-19H,2-3,7-10H2,1H3,(H2,14,16). The number of pyridine rings is 1. The monoisotopic (exact) mass is 266 g/mol. The first-order valence-electron chi connectivity index (χ1n) is 6.48. The van der Waals surface area contributed by atoms with E-state index in [1.165, 1.54) is 0 Å². The van der Waals surface area contributed by atoms with Gasteiger partial charge < -0.3 is 16.0 Å². The van der Waals surface area contributed by atoms with Gasteiger partial charge in [0.15, 0.2) is 5.84 Å².